The van der Waals surface area contributed by atoms with Crippen LogP contribution in [0.25, 0.3) is 0 Å². The molecule has 0 fully saturated rings. The quantitative estimate of drug-likeness (QED) is 0.133. The first kappa shape index (κ1) is 30.0. The van der Waals surface area contributed by atoms with Gasteiger partial charge in [0, 0.05) is 0 Å². The fraction of sp³-hybridized carbons (Fsp3) is 0.412. The Morgan fingerprint density at radius 3 is 1.29 bits per heavy atom. The second-order valence-electron chi connectivity index (χ2n) is 10.1. The third-order valence-corrected chi connectivity index (χ3v) is 20.4. The SMILES string of the molecule is CCC[CH2][Sn]([C]#Cc1ccc(N(c2ccc(OC)cc2)c2ccc(OC)cc2)cc1)([CH2]CCC)[CH2]CCC. The van der Waals surface area contributed by atoms with Gasteiger partial charge in [0.2, 0.25) is 0 Å². The third kappa shape index (κ3) is 8.46. The number of unbranched alkanes of at least 4 members (excludes halogenated alkanes) is 3. The Bertz CT molecular complexity index is 1080. The van der Waals surface area contributed by atoms with Crippen LogP contribution in [0.15, 0.2) is 72.8 Å². The fourth-order valence-corrected chi connectivity index (χ4v) is 18.1. The number of hydrogen-bond acceptors (Lipinski definition) is 3. The van der Waals surface area contributed by atoms with Crippen molar-refractivity contribution in [2.45, 2.75) is 72.6 Å². The molecule has 0 saturated carbocycles. The predicted molar refractivity (Wildman–Crippen MR) is 166 cm³/mol. The first-order valence-corrected chi connectivity index (χ1v) is 21.8. The molecule has 0 amide bonds. The normalized spacial score (nSPS) is 11.0. The number of hydrogen-bond donors (Lipinski definition) is 0. The van der Waals surface area contributed by atoms with Gasteiger partial charge in [-0.05, 0) is 0 Å². The third-order valence-electron chi connectivity index (χ3n) is 7.29. The summed E-state index contributed by atoms with van der Waals surface area (Å²) in [6.45, 7) is 6.96. The van der Waals surface area contributed by atoms with E-state index in [1.165, 1.54) is 51.8 Å². The molecule has 0 N–H and O–H groups in total. The van der Waals surface area contributed by atoms with E-state index in [4.69, 9.17) is 9.47 Å². The van der Waals surface area contributed by atoms with Gasteiger partial charge in [-0.15, -0.1) is 0 Å². The Hall–Kier alpha value is -2.58. The summed E-state index contributed by atoms with van der Waals surface area (Å²) in [5, 5.41) is 0. The number of benzene rings is 3. The molecule has 0 aliphatic carbocycles. The molecule has 4 heteroatoms. The first-order chi connectivity index (χ1) is 18.6. The zero-order valence-electron chi connectivity index (χ0n) is 24.1. The Morgan fingerprint density at radius 1 is 0.579 bits per heavy atom. The van der Waals surface area contributed by atoms with Crippen LogP contribution < -0.4 is 14.4 Å². The summed E-state index contributed by atoms with van der Waals surface area (Å²) in [7, 11) is 3.39. The molecule has 0 aliphatic heterocycles. The van der Waals surface area contributed by atoms with Crippen molar-refractivity contribution < 1.29 is 9.47 Å². The molecule has 0 saturated heterocycles. The van der Waals surface area contributed by atoms with Gasteiger partial charge in [-0.3, -0.25) is 0 Å². The molecule has 202 valence electrons. The first-order valence-electron chi connectivity index (χ1n) is 14.3. The summed E-state index contributed by atoms with van der Waals surface area (Å²) < 4.78 is 19.0. The molecule has 0 radical (unpaired) electrons. The van der Waals surface area contributed by atoms with Crippen molar-refractivity contribution in [2.75, 3.05) is 19.1 Å². The average molecular weight is 618 g/mol. The maximum absolute atomic E-state index is 5.39. The molecular formula is C34H45NO2Sn. The minimum atomic E-state index is -2.48. The molecule has 0 aromatic heterocycles. The van der Waals surface area contributed by atoms with E-state index in [9.17, 15) is 0 Å². The van der Waals surface area contributed by atoms with Crippen molar-refractivity contribution in [3.8, 4) is 21.4 Å². The van der Waals surface area contributed by atoms with Crippen LogP contribution in [0.3, 0.4) is 0 Å². The van der Waals surface area contributed by atoms with Gasteiger partial charge in [-0.25, -0.2) is 0 Å². The Morgan fingerprint density at radius 2 is 0.947 bits per heavy atom. The van der Waals surface area contributed by atoms with E-state index in [-0.39, 0.29) is 0 Å². The van der Waals surface area contributed by atoms with Gasteiger partial charge in [0.15, 0.2) is 0 Å². The molecule has 38 heavy (non-hydrogen) atoms. The van der Waals surface area contributed by atoms with Gasteiger partial charge in [-0.2, -0.15) is 0 Å². The Labute approximate surface area is 235 Å². The average Bonchev–Trinajstić information content (AvgIpc) is 2.98. The van der Waals surface area contributed by atoms with E-state index >= 15 is 0 Å². The summed E-state index contributed by atoms with van der Waals surface area (Å²) in [6.07, 6.45) is 7.86. The van der Waals surface area contributed by atoms with Gasteiger partial charge in [-0.1, -0.05) is 0 Å². The van der Waals surface area contributed by atoms with Crippen LogP contribution in [0.1, 0.15) is 64.9 Å². The summed E-state index contributed by atoms with van der Waals surface area (Å²) in [5.74, 6) is 5.37. The summed E-state index contributed by atoms with van der Waals surface area (Å²) in [6, 6.07) is 25.1. The van der Waals surface area contributed by atoms with Gasteiger partial charge in [0.25, 0.3) is 0 Å². The van der Waals surface area contributed by atoms with Crippen LogP contribution in [-0.2, 0) is 0 Å². The number of rotatable bonds is 14. The minimum absolute atomic E-state index is 0.845. The molecule has 3 nitrogen and oxygen atoms in total. The monoisotopic (exact) mass is 619 g/mol. The molecule has 0 spiro atoms. The fourth-order valence-electron chi connectivity index (χ4n) is 4.92. The molecule has 3 rings (SSSR count). The van der Waals surface area contributed by atoms with Crippen LogP contribution in [0.2, 0.25) is 13.3 Å². The van der Waals surface area contributed by atoms with Gasteiger partial charge in [0.05, 0.1) is 14.2 Å². The van der Waals surface area contributed by atoms with Gasteiger partial charge < -0.3 is 0 Å². The zero-order valence-corrected chi connectivity index (χ0v) is 26.9. The second kappa shape index (κ2) is 15.7. The molecule has 0 aliphatic rings. The van der Waals surface area contributed by atoms with Gasteiger partial charge in [0.1, 0.15) is 0 Å². The topological polar surface area (TPSA) is 21.7 Å². The van der Waals surface area contributed by atoms with E-state index in [2.05, 4.69) is 84.1 Å². The Balaban J connectivity index is 1.94. The summed E-state index contributed by atoms with van der Waals surface area (Å²) in [5.41, 5.74) is 4.37. The van der Waals surface area contributed by atoms with Gasteiger partial charge >= 0.3 is 222 Å². The molecular weight excluding hydrogens is 573 g/mol. The van der Waals surface area contributed by atoms with Crippen LogP contribution in [0.4, 0.5) is 17.1 Å². The van der Waals surface area contributed by atoms with E-state index in [1.807, 2.05) is 24.3 Å². The van der Waals surface area contributed by atoms with Crippen molar-refractivity contribution in [2.24, 2.45) is 0 Å². The molecule has 0 atom stereocenters. The second-order valence-corrected chi connectivity index (χ2v) is 22.4. The summed E-state index contributed by atoms with van der Waals surface area (Å²) in [4.78, 5) is 2.25. The van der Waals surface area contributed by atoms with Crippen molar-refractivity contribution in [3.63, 3.8) is 0 Å². The number of methoxy groups -OCH3 is 2. The molecule has 0 heterocycles. The number of ether oxygens (including phenoxy) is 2. The molecule has 0 bridgehead atoms. The summed E-state index contributed by atoms with van der Waals surface area (Å²) >= 11 is -2.48. The Kier molecular flexibility index (Phi) is 12.4. The van der Waals surface area contributed by atoms with E-state index in [0.717, 1.165) is 34.1 Å². The van der Waals surface area contributed by atoms with Crippen LogP contribution in [0, 0.1) is 9.86 Å². The van der Waals surface area contributed by atoms with Crippen molar-refractivity contribution in [3.05, 3.63) is 78.4 Å². The molecule has 0 unspecified atom stereocenters. The van der Waals surface area contributed by atoms with Crippen molar-refractivity contribution in [1.29, 1.82) is 0 Å². The standard InChI is InChI=1S/C22H18NO2.3C4H9.Sn/c1-4-17-5-7-18(8-6-17)23(19-9-13-21(24-2)14-10-19)20-11-15-22(25-3)16-12-20;3*1-3-4-2;/h5-16H,2-3H3;3*1,3-4H2,2H3;. The van der Waals surface area contributed by atoms with E-state index in [1.54, 1.807) is 14.2 Å². The number of nitrogens with zero attached hydrogens (tertiary/aromatic N) is 1. The maximum atomic E-state index is 5.39. The van der Waals surface area contributed by atoms with Crippen LogP contribution in [-0.4, -0.2) is 32.6 Å². The van der Waals surface area contributed by atoms with Crippen molar-refractivity contribution >= 4 is 35.4 Å². The zero-order chi connectivity index (χ0) is 27.2. The van der Waals surface area contributed by atoms with E-state index < -0.39 is 18.4 Å². The molecule has 3 aromatic rings. The van der Waals surface area contributed by atoms with E-state index in [0.29, 0.717) is 0 Å². The predicted octanol–water partition coefficient (Wildman–Crippen LogP) is 9.91. The van der Waals surface area contributed by atoms with Crippen LogP contribution >= 0.6 is 0 Å². The van der Waals surface area contributed by atoms with Crippen molar-refractivity contribution in [1.82, 2.24) is 0 Å². The number of anilines is 3. The van der Waals surface area contributed by atoms with Crippen LogP contribution in [0.5, 0.6) is 11.5 Å². The molecule has 3 aromatic carbocycles.